The van der Waals surface area contributed by atoms with Gasteiger partial charge >= 0.3 is 0 Å². The molecule has 2 aliphatic heterocycles. The van der Waals surface area contributed by atoms with E-state index >= 15 is 0 Å². The van der Waals surface area contributed by atoms with Crippen molar-refractivity contribution < 1.29 is 19.3 Å². The lowest BCUT2D eigenvalue weighted by molar-refractivity contribution is -0.898. The summed E-state index contributed by atoms with van der Waals surface area (Å²) in [6.45, 7) is 7.46. The maximum absolute atomic E-state index is 12.6. The van der Waals surface area contributed by atoms with Crippen LogP contribution in [-0.2, 0) is 4.79 Å². The summed E-state index contributed by atoms with van der Waals surface area (Å²) in [7, 11) is 0. The minimum absolute atomic E-state index is 0.0631. The first-order valence-corrected chi connectivity index (χ1v) is 10.5. The number of nitrogens with one attached hydrogen (secondary N) is 2. The fourth-order valence-corrected chi connectivity index (χ4v) is 4.14. The normalized spacial score (nSPS) is 16.7. The van der Waals surface area contributed by atoms with Gasteiger partial charge in [0.25, 0.3) is 11.8 Å². The summed E-state index contributed by atoms with van der Waals surface area (Å²) in [4.78, 5) is 42.6. The van der Waals surface area contributed by atoms with Crippen molar-refractivity contribution in [1.29, 1.82) is 0 Å². The summed E-state index contributed by atoms with van der Waals surface area (Å²) < 4.78 is 0. The molecule has 0 saturated carbocycles. The van der Waals surface area contributed by atoms with E-state index in [0.29, 0.717) is 11.1 Å². The van der Waals surface area contributed by atoms with Crippen LogP contribution in [0, 0.1) is 0 Å². The van der Waals surface area contributed by atoms with Crippen LogP contribution >= 0.6 is 0 Å². The Morgan fingerprint density at radius 2 is 1.57 bits per heavy atom. The molecule has 156 valence electrons. The molecular weight excluding hydrogens is 380 g/mol. The molecule has 1 saturated heterocycles. The third-order valence-corrected chi connectivity index (χ3v) is 5.93. The molecule has 0 aromatic heterocycles. The summed E-state index contributed by atoms with van der Waals surface area (Å²) in [5.74, 6) is -0.878. The standard InChI is InChI=1S/C23H26N4O3/c1-2-25-13-15-26(16-14-25)20-10-6-5-9-19(20)24-21(28)11-12-27-22(29)17-7-3-4-8-18(17)23(27)30/h3-10H,2,11-16H2,1H3,(H,24,28)/p+1. The van der Waals surface area contributed by atoms with Crippen molar-refractivity contribution in [3.63, 3.8) is 0 Å². The SMILES string of the molecule is CC[NH+]1CCN(c2ccccc2NC(=O)CCN2C(=O)c3ccccc3C2=O)CC1. The molecule has 0 spiro atoms. The molecule has 7 heteroatoms. The number of hydrogen-bond acceptors (Lipinski definition) is 4. The van der Waals surface area contributed by atoms with Crippen LogP contribution in [0.2, 0.25) is 0 Å². The summed E-state index contributed by atoms with van der Waals surface area (Å²) in [5, 5.41) is 2.97. The Morgan fingerprint density at radius 3 is 2.20 bits per heavy atom. The molecule has 2 aromatic rings. The van der Waals surface area contributed by atoms with Crippen LogP contribution in [0.4, 0.5) is 11.4 Å². The highest BCUT2D eigenvalue weighted by Crippen LogP contribution is 2.26. The predicted octanol–water partition coefficient (Wildman–Crippen LogP) is 1.04. The smallest absolute Gasteiger partial charge is 0.261 e. The Hall–Kier alpha value is -3.19. The number of rotatable bonds is 6. The topological polar surface area (TPSA) is 74.2 Å². The largest absolute Gasteiger partial charge is 0.359 e. The van der Waals surface area contributed by atoms with Crippen molar-refractivity contribution in [3.8, 4) is 0 Å². The Kier molecular flexibility index (Phi) is 5.81. The molecule has 7 nitrogen and oxygen atoms in total. The highest BCUT2D eigenvalue weighted by Gasteiger charge is 2.35. The number of benzene rings is 2. The fourth-order valence-electron chi connectivity index (χ4n) is 4.14. The van der Waals surface area contributed by atoms with Crippen LogP contribution < -0.4 is 15.1 Å². The Morgan fingerprint density at radius 1 is 0.967 bits per heavy atom. The van der Waals surface area contributed by atoms with E-state index in [1.807, 2.05) is 24.3 Å². The third-order valence-electron chi connectivity index (χ3n) is 5.93. The molecular formula is C23H27N4O3+. The molecule has 4 rings (SSSR count). The van der Waals surface area contributed by atoms with E-state index < -0.39 is 0 Å². The maximum atomic E-state index is 12.6. The number of piperazine rings is 1. The zero-order chi connectivity index (χ0) is 21.1. The number of hydrogen-bond donors (Lipinski definition) is 2. The van der Waals surface area contributed by atoms with Gasteiger partial charge in [-0.05, 0) is 31.2 Å². The van der Waals surface area contributed by atoms with E-state index in [1.54, 1.807) is 29.2 Å². The quantitative estimate of drug-likeness (QED) is 0.702. The van der Waals surface area contributed by atoms with E-state index in [2.05, 4.69) is 17.1 Å². The van der Waals surface area contributed by atoms with Gasteiger partial charge in [-0.1, -0.05) is 24.3 Å². The average Bonchev–Trinajstić information content (AvgIpc) is 3.03. The summed E-state index contributed by atoms with van der Waals surface area (Å²) >= 11 is 0. The van der Waals surface area contributed by atoms with Gasteiger partial charge in [-0.3, -0.25) is 19.3 Å². The van der Waals surface area contributed by atoms with Gasteiger partial charge in [-0.2, -0.15) is 0 Å². The molecule has 0 aliphatic carbocycles. The molecule has 2 aromatic carbocycles. The Labute approximate surface area is 176 Å². The molecule has 2 aliphatic rings. The van der Waals surface area contributed by atoms with Crippen molar-refractivity contribution in [2.24, 2.45) is 0 Å². The highest BCUT2D eigenvalue weighted by molar-refractivity contribution is 6.21. The van der Waals surface area contributed by atoms with Gasteiger partial charge in [-0.15, -0.1) is 0 Å². The Bertz CT molecular complexity index is 931. The molecule has 2 heterocycles. The van der Waals surface area contributed by atoms with Crippen LogP contribution in [0.1, 0.15) is 34.1 Å². The number of fused-ring (bicyclic) bond motifs is 1. The number of anilines is 2. The Balaban J connectivity index is 1.38. The van der Waals surface area contributed by atoms with Gasteiger partial charge < -0.3 is 15.1 Å². The first kappa shape index (κ1) is 20.1. The molecule has 1 fully saturated rings. The van der Waals surface area contributed by atoms with Crippen LogP contribution in [0.25, 0.3) is 0 Å². The van der Waals surface area contributed by atoms with Gasteiger partial charge in [0.15, 0.2) is 0 Å². The van der Waals surface area contributed by atoms with Gasteiger partial charge in [0.1, 0.15) is 0 Å². The maximum Gasteiger partial charge on any atom is 0.261 e. The second-order valence-corrected chi connectivity index (χ2v) is 7.71. The number of imide groups is 1. The van der Waals surface area contributed by atoms with Crippen LogP contribution in [0.15, 0.2) is 48.5 Å². The second kappa shape index (κ2) is 8.67. The van der Waals surface area contributed by atoms with Crippen LogP contribution in [-0.4, -0.2) is 61.9 Å². The number of likely N-dealkylation sites (N-methyl/N-ethyl adjacent to an activating group) is 1. The molecule has 0 atom stereocenters. The zero-order valence-electron chi connectivity index (χ0n) is 17.2. The third kappa shape index (κ3) is 3.93. The fraction of sp³-hybridized carbons (Fsp3) is 0.348. The number of para-hydroxylation sites is 2. The lowest BCUT2D eigenvalue weighted by Crippen LogP contribution is -3.14. The van der Waals surface area contributed by atoms with Gasteiger partial charge in [0.2, 0.25) is 5.91 Å². The van der Waals surface area contributed by atoms with E-state index in [0.717, 1.165) is 49.0 Å². The zero-order valence-corrected chi connectivity index (χ0v) is 17.2. The first-order chi connectivity index (χ1) is 14.6. The van der Waals surface area contributed by atoms with E-state index in [4.69, 9.17) is 0 Å². The minimum atomic E-state index is -0.333. The number of carbonyl (C=O) groups is 3. The van der Waals surface area contributed by atoms with Crippen LogP contribution in [0.5, 0.6) is 0 Å². The number of carbonyl (C=O) groups excluding carboxylic acids is 3. The number of nitrogens with zero attached hydrogens (tertiary/aromatic N) is 2. The van der Waals surface area contributed by atoms with Crippen molar-refractivity contribution in [3.05, 3.63) is 59.7 Å². The summed E-state index contributed by atoms with van der Waals surface area (Å²) in [6, 6.07) is 14.6. The molecule has 3 amide bonds. The minimum Gasteiger partial charge on any atom is -0.359 e. The van der Waals surface area contributed by atoms with Crippen molar-refractivity contribution in [2.45, 2.75) is 13.3 Å². The number of amides is 3. The van der Waals surface area contributed by atoms with E-state index in [9.17, 15) is 14.4 Å². The van der Waals surface area contributed by atoms with Crippen molar-refractivity contribution >= 4 is 29.1 Å². The van der Waals surface area contributed by atoms with E-state index in [-0.39, 0.29) is 30.7 Å². The van der Waals surface area contributed by atoms with Crippen molar-refractivity contribution in [1.82, 2.24) is 4.90 Å². The summed E-state index contributed by atoms with van der Waals surface area (Å²) in [5.41, 5.74) is 2.59. The van der Waals surface area contributed by atoms with Crippen LogP contribution in [0.3, 0.4) is 0 Å². The van der Waals surface area contributed by atoms with Gasteiger partial charge in [-0.25, -0.2) is 0 Å². The molecule has 0 radical (unpaired) electrons. The van der Waals surface area contributed by atoms with Gasteiger partial charge in [0.05, 0.1) is 55.2 Å². The predicted molar refractivity (Wildman–Crippen MR) is 115 cm³/mol. The van der Waals surface area contributed by atoms with E-state index in [1.165, 1.54) is 0 Å². The highest BCUT2D eigenvalue weighted by atomic mass is 16.2. The van der Waals surface area contributed by atoms with Gasteiger partial charge in [0, 0.05) is 13.0 Å². The summed E-state index contributed by atoms with van der Waals surface area (Å²) in [6.07, 6.45) is 0.0631. The lowest BCUT2D eigenvalue weighted by atomic mass is 10.1. The lowest BCUT2D eigenvalue weighted by Gasteiger charge is -2.34. The monoisotopic (exact) mass is 407 g/mol. The van der Waals surface area contributed by atoms with Crippen molar-refractivity contribution in [2.75, 3.05) is 49.5 Å². The number of quaternary nitrogens is 1. The molecule has 0 unspecified atom stereocenters. The average molecular weight is 407 g/mol. The second-order valence-electron chi connectivity index (χ2n) is 7.71. The molecule has 2 N–H and O–H groups in total. The molecule has 30 heavy (non-hydrogen) atoms. The first-order valence-electron chi connectivity index (χ1n) is 10.5. The molecule has 0 bridgehead atoms.